The molecule has 1 aliphatic rings. The van der Waals surface area contributed by atoms with Gasteiger partial charge in [-0.25, -0.2) is 0 Å². The zero-order valence-electron chi connectivity index (χ0n) is 10.5. The summed E-state index contributed by atoms with van der Waals surface area (Å²) in [5.74, 6) is 0.741. The number of hydrogen-bond acceptors (Lipinski definition) is 4. The van der Waals surface area contributed by atoms with Crippen molar-refractivity contribution in [3.05, 3.63) is 24.2 Å². The lowest BCUT2D eigenvalue weighted by molar-refractivity contribution is -0.0850. The second-order valence-electron chi connectivity index (χ2n) is 4.01. The summed E-state index contributed by atoms with van der Waals surface area (Å²) in [6.07, 6.45) is 3.45. The molecule has 2 rings (SSSR count). The fourth-order valence-corrected chi connectivity index (χ4v) is 1.66. The first-order chi connectivity index (χ1) is 8.88. The number of aliphatic imine (C=N–C) groups is 1. The molecule has 18 heavy (non-hydrogen) atoms. The summed E-state index contributed by atoms with van der Waals surface area (Å²) in [6, 6.07) is 1.92. The molecule has 1 aromatic heterocycles. The first kappa shape index (κ1) is 12.9. The van der Waals surface area contributed by atoms with Crippen LogP contribution >= 0.6 is 0 Å². The van der Waals surface area contributed by atoms with Crippen LogP contribution in [0.3, 0.4) is 0 Å². The molecule has 0 saturated carbocycles. The van der Waals surface area contributed by atoms with Gasteiger partial charge in [0.2, 0.25) is 0 Å². The summed E-state index contributed by atoms with van der Waals surface area (Å²) in [7, 11) is 1.74. The van der Waals surface area contributed by atoms with E-state index in [0.717, 1.165) is 11.5 Å². The van der Waals surface area contributed by atoms with Gasteiger partial charge in [-0.3, -0.25) is 4.99 Å². The van der Waals surface area contributed by atoms with Gasteiger partial charge in [0.1, 0.15) is 0 Å². The van der Waals surface area contributed by atoms with Crippen LogP contribution < -0.4 is 10.6 Å². The highest BCUT2D eigenvalue weighted by molar-refractivity contribution is 5.79. The lowest BCUT2D eigenvalue weighted by Gasteiger charge is -2.23. The normalized spacial score (nSPS) is 20.7. The van der Waals surface area contributed by atoms with Crippen LogP contribution in [0.25, 0.3) is 0 Å². The van der Waals surface area contributed by atoms with E-state index >= 15 is 0 Å². The molecule has 0 bridgehead atoms. The Labute approximate surface area is 106 Å². The van der Waals surface area contributed by atoms with Crippen molar-refractivity contribution in [1.29, 1.82) is 0 Å². The number of ether oxygens (including phenoxy) is 2. The minimum atomic E-state index is 0.0891. The van der Waals surface area contributed by atoms with Gasteiger partial charge in [-0.05, 0) is 6.07 Å². The third-order valence-corrected chi connectivity index (χ3v) is 2.65. The van der Waals surface area contributed by atoms with Gasteiger partial charge in [-0.2, -0.15) is 0 Å². The molecule has 1 aromatic rings. The number of rotatable bonds is 4. The second-order valence-corrected chi connectivity index (χ2v) is 4.01. The Balaban J connectivity index is 1.68. The average Bonchev–Trinajstić information content (AvgIpc) is 2.93. The lowest BCUT2D eigenvalue weighted by Crippen LogP contribution is -2.44. The van der Waals surface area contributed by atoms with Crippen LogP contribution in [0, 0.1) is 0 Å². The Morgan fingerprint density at radius 3 is 3.06 bits per heavy atom. The summed E-state index contributed by atoms with van der Waals surface area (Å²) in [5, 5.41) is 6.40. The molecule has 6 heteroatoms. The highest BCUT2D eigenvalue weighted by atomic mass is 16.6. The molecule has 1 saturated heterocycles. The van der Waals surface area contributed by atoms with Crippen LogP contribution in [-0.4, -0.2) is 45.5 Å². The van der Waals surface area contributed by atoms with Crippen LogP contribution in [0.2, 0.25) is 0 Å². The predicted molar refractivity (Wildman–Crippen MR) is 67.5 cm³/mol. The Kier molecular flexibility index (Phi) is 5.04. The number of furan rings is 1. The maximum Gasteiger partial charge on any atom is 0.191 e. The standard InChI is InChI=1S/C12H19N3O3/c1-13-12(14-6-10-2-3-16-8-10)15-7-11-9-17-4-5-18-11/h2-3,8,11H,4-7,9H2,1H3,(H2,13,14,15). The number of nitrogens with zero attached hydrogens (tertiary/aromatic N) is 1. The van der Waals surface area contributed by atoms with Crippen molar-refractivity contribution in [3.8, 4) is 0 Å². The summed E-state index contributed by atoms with van der Waals surface area (Å²) >= 11 is 0. The molecule has 6 nitrogen and oxygen atoms in total. The smallest absolute Gasteiger partial charge is 0.191 e. The number of guanidine groups is 1. The molecule has 100 valence electrons. The van der Waals surface area contributed by atoms with Crippen molar-refractivity contribution in [2.45, 2.75) is 12.6 Å². The molecular weight excluding hydrogens is 234 g/mol. The number of hydrogen-bond donors (Lipinski definition) is 2. The summed E-state index contributed by atoms with van der Waals surface area (Å²) in [5.41, 5.74) is 1.08. The molecule has 0 amide bonds. The quantitative estimate of drug-likeness (QED) is 0.599. The van der Waals surface area contributed by atoms with E-state index in [2.05, 4.69) is 15.6 Å². The van der Waals surface area contributed by atoms with Gasteiger partial charge in [0, 0.05) is 25.7 Å². The third-order valence-electron chi connectivity index (χ3n) is 2.65. The Morgan fingerprint density at radius 2 is 2.39 bits per heavy atom. The van der Waals surface area contributed by atoms with E-state index in [1.165, 1.54) is 0 Å². The van der Waals surface area contributed by atoms with E-state index in [0.29, 0.717) is 32.9 Å². The molecule has 1 unspecified atom stereocenters. The first-order valence-electron chi connectivity index (χ1n) is 6.03. The Morgan fingerprint density at radius 1 is 1.44 bits per heavy atom. The molecule has 0 aromatic carbocycles. The molecule has 1 atom stereocenters. The average molecular weight is 253 g/mol. The van der Waals surface area contributed by atoms with Crippen LogP contribution in [0.1, 0.15) is 5.56 Å². The van der Waals surface area contributed by atoms with E-state index in [-0.39, 0.29) is 6.10 Å². The fraction of sp³-hybridized carbons (Fsp3) is 0.583. The van der Waals surface area contributed by atoms with Crippen molar-refractivity contribution >= 4 is 5.96 Å². The van der Waals surface area contributed by atoms with E-state index in [9.17, 15) is 0 Å². The van der Waals surface area contributed by atoms with Crippen LogP contribution in [0.5, 0.6) is 0 Å². The molecule has 0 radical (unpaired) electrons. The van der Waals surface area contributed by atoms with Crippen LogP contribution in [0.4, 0.5) is 0 Å². The maximum atomic E-state index is 5.54. The molecule has 1 aliphatic heterocycles. The molecule has 2 heterocycles. The number of nitrogens with one attached hydrogen (secondary N) is 2. The predicted octanol–water partition coefficient (Wildman–Crippen LogP) is 0.360. The van der Waals surface area contributed by atoms with Crippen molar-refractivity contribution in [3.63, 3.8) is 0 Å². The van der Waals surface area contributed by atoms with Crippen molar-refractivity contribution in [2.24, 2.45) is 4.99 Å². The monoisotopic (exact) mass is 253 g/mol. The van der Waals surface area contributed by atoms with Gasteiger partial charge in [-0.1, -0.05) is 0 Å². The lowest BCUT2D eigenvalue weighted by atomic mass is 10.3. The zero-order valence-corrected chi connectivity index (χ0v) is 10.5. The Bertz CT molecular complexity index is 359. The molecule has 0 aliphatic carbocycles. The summed E-state index contributed by atoms with van der Waals surface area (Å²) in [6.45, 7) is 3.34. The minimum absolute atomic E-state index is 0.0891. The highest BCUT2D eigenvalue weighted by Gasteiger charge is 2.14. The molecule has 2 N–H and O–H groups in total. The molecule has 0 spiro atoms. The third kappa shape index (κ3) is 4.05. The first-order valence-corrected chi connectivity index (χ1v) is 6.03. The Hall–Kier alpha value is -1.53. The van der Waals surface area contributed by atoms with Crippen molar-refractivity contribution < 1.29 is 13.9 Å². The van der Waals surface area contributed by atoms with Gasteiger partial charge in [-0.15, -0.1) is 0 Å². The topological polar surface area (TPSA) is 68.0 Å². The van der Waals surface area contributed by atoms with Crippen LogP contribution in [-0.2, 0) is 16.0 Å². The van der Waals surface area contributed by atoms with Crippen LogP contribution in [0.15, 0.2) is 28.0 Å². The largest absolute Gasteiger partial charge is 0.472 e. The van der Waals surface area contributed by atoms with Gasteiger partial charge < -0.3 is 24.5 Å². The molecular formula is C12H19N3O3. The maximum absolute atomic E-state index is 5.54. The van der Waals surface area contributed by atoms with Crippen molar-refractivity contribution in [1.82, 2.24) is 10.6 Å². The van der Waals surface area contributed by atoms with Crippen molar-refractivity contribution in [2.75, 3.05) is 33.4 Å². The van der Waals surface area contributed by atoms with E-state index in [4.69, 9.17) is 13.9 Å². The molecule has 1 fully saturated rings. The fourth-order valence-electron chi connectivity index (χ4n) is 1.66. The SMILES string of the molecule is CN=C(NCc1ccoc1)NCC1COCCO1. The van der Waals surface area contributed by atoms with E-state index in [1.54, 1.807) is 19.6 Å². The highest BCUT2D eigenvalue weighted by Crippen LogP contribution is 2.00. The van der Waals surface area contributed by atoms with E-state index < -0.39 is 0 Å². The minimum Gasteiger partial charge on any atom is -0.472 e. The van der Waals surface area contributed by atoms with Gasteiger partial charge in [0.05, 0.1) is 38.5 Å². The second kappa shape index (κ2) is 7.03. The summed E-state index contributed by atoms with van der Waals surface area (Å²) in [4.78, 5) is 4.14. The van der Waals surface area contributed by atoms with Gasteiger partial charge in [0.15, 0.2) is 5.96 Å². The zero-order chi connectivity index (χ0) is 12.6. The van der Waals surface area contributed by atoms with Gasteiger partial charge >= 0.3 is 0 Å². The van der Waals surface area contributed by atoms with Gasteiger partial charge in [0.25, 0.3) is 0 Å². The van der Waals surface area contributed by atoms with E-state index in [1.807, 2.05) is 6.07 Å². The summed E-state index contributed by atoms with van der Waals surface area (Å²) < 4.78 is 15.9.